The highest BCUT2D eigenvalue weighted by atomic mass is 16.5. The van der Waals surface area contributed by atoms with Crippen molar-refractivity contribution in [3.63, 3.8) is 0 Å². The predicted molar refractivity (Wildman–Crippen MR) is 87.3 cm³/mol. The zero-order valence-electron chi connectivity index (χ0n) is 13.2. The number of methoxy groups -OCH3 is 1. The molecule has 0 saturated heterocycles. The first kappa shape index (κ1) is 15.2. The Morgan fingerprint density at radius 1 is 1.13 bits per heavy atom. The summed E-state index contributed by atoms with van der Waals surface area (Å²) in [5.41, 5.74) is 1.64. The molecule has 0 fully saturated rings. The maximum absolute atomic E-state index is 12.5. The molecule has 0 atom stereocenters. The molecule has 2 aromatic carbocycles. The molecule has 1 amide bonds. The summed E-state index contributed by atoms with van der Waals surface area (Å²) in [6, 6.07) is 13.2. The van der Waals surface area contributed by atoms with Gasteiger partial charge in [-0.15, -0.1) is 0 Å². The third-order valence-electron chi connectivity index (χ3n) is 3.71. The first-order valence-electron chi connectivity index (χ1n) is 7.55. The van der Waals surface area contributed by atoms with Gasteiger partial charge >= 0.3 is 0 Å². The van der Waals surface area contributed by atoms with Crippen LogP contribution < -0.4 is 19.1 Å². The molecule has 23 heavy (non-hydrogen) atoms. The van der Waals surface area contributed by atoms with Crippen LogP contribution in [0.15, 0.2) is 42.5 Å². The number of nitrogens with zero attached hydrogens (tertiary/aromatic N) is 1. The van der Waals surface area contributed by atoms with E-state index in [0.29, 0.717) is 30.4 Å². The van der Waals surface area contributed by atoms with Crippen LogP contribution in [0.4, 0.5) is 5.69 Å². The largest absolute Gasteiger partial charge is 0.495 e. The van der Waals surface area contributed by atoms with Gasteiger partial charge in [0.15, 0.2) is 18.1 Å². The summed E-state index contributed by atoms with van der Waals surface area (Å²) in [7, 11) is 1.60. The Bertz CT molecular complexity index is 714. The Balaban J connectivity index is 2.01. The van der Waals surface area contributed by atoms with Crippen LogP contribution in [0.5, 0.6) is 17.2 Å². The molecule has 0 saturated carbocycles. The maximum atomic E-state index is 12.5. The molecule has 1 heterocycles. The van der Waals surface area contributed by atoms with Crippen LogP contribution in [0, 0.1) is 0 Å². The second-order valence-corrected chi connectivity index (χ2v) is 5.12. The first-order valence-corrected chi connectivity index (χ1v) is 7.55. The molecule has 0 radical (unpaired) electrons. The minimum Gasteiger partial charge on any atom is -0.495 e. The minimum atomic E-state index is -0.117. The number of hydrogen-bond donors (Lipinski definition) is 0. The molecule has 0 spiro atoms. The molecule has 2 aromatic rings. The van der Waals surface area contributed by atoms with Crippen molar-refractivity contribution in [2.45, 2.75) is 13.5 Å². The first-order chi connectivity index (χ1) is 11.2. The van der Waals surface area contributed by atoms with Crippen molar-refractivity contribution in [2.75, 3.05) is 25.2 Å². The van der Waals surface area contributed by atoms with Crippen molar-refractivity contribution in [3.8, 4) is 17.2 Å². The smallest absolute Gasteiger partial charge is 0.265 e. The predicted octanol–water partition coefficient (Wildman–Crippen LogP) is 3.02. The monoisotopic (exact) mass is 313 g/mol. The van der Waals surface area contributed by atoms with Crippen molar-refractivity contribution < 1.29 is 19.0 Å². The van der Waals surface area contributed by atoms with E-state index in [2.05, 4.69) is 0 Å². The maximum Gasteiger partial charge on any atom is 0.265 e. The molecule has 3 rings (SSSR count). The van der Waals surface area contributed by atoms with Crippen molar-refractivity contribution in [2.24, 2.45) is 0 Å². The average molecular weight is 313 g/mol. The highest BCUT2D eigenvalue weighted by Gasteiger charge is 2.26. The van der Waals surface area contributed by atoms with Gasteiger partial charge in [0.05, 0.1) is 25.9 Å². The fraction of sp³-hybridized carbons (Fsp3) is 0.278. The number of benzene rings is 2. The second kappa shape index (κ2) is 6.60. The number of fused-ring (bicyclic) bond motifs is 1. The Labute approximate surface area is 135 Å². The van der Waals surface area contributed by atoms with Gasteiger partial charge in [0.25, 0.3) is 5.91 Å². The van der Waals surface area contributed by atoms with Crippen molar-refractivity contribution >= 4 is 11.6 Å². The standard InChI is InChI=1S/C18H19NO4/c1-3-22-16-10-6-7-13-11-19(17(20)12-23-18(13)16)14-8-4-5-9-15(14)21-2/h4-10H,3,11-12H2,1-2H3. The highest BCUT2D eigenvalue weighted by molar-refractivity contribution is 5.96. The molecule has 120 valence electrons. The summed E-state index contributed by atoms with van der Waals surface area (Å²) in [5.74, 6) is 1.85. The van der Waals surface area contributed by atoms with Gasteiger partial charge in [0.2, 0.25) is 0 Å². The third kappa shape index (κ3) is 2.95. The van der Waals surface area contributed by atoms with Crippen LogP contribution >= 0.6 is 0 Å². The van der Waals surface area contributed by atoms with Crippen LogP contribution in [0.25, 0.3) is 0 Å². The molecule has 0 bridgehead atoms. The fourth-order valence-electron chi connectivity index (χ4n) is 2.66. The lowest BCUT2D eigenvalue weighted by Gasteiger charge is -2.22. The van der Waals surface area contributed by atoms with Crippen molar-refractivity contribution in [1.82, 2.24) is 0 Å². The molecular formula is C18H19NO4. The number of para-hydroxylation sites is 3. The molecule has 5 heteroatoms. The number of hydrogen-bond acceptors (Lipinski definition) is 4. The third-order valence-corrected chi connectivity index (χ3v) is 3.71. The molecule has 5 nitrogen and oxygen atoms in total. The van der Waals surface area contributed by atoms with E-state index in [1.165, 1.54) is 0 Å². The zero-order valence-corrected chi connectivity index (χ0v) is 13.2. The highest BCUT2D eigenvalue weighted by Crippen LogP contribution is 2.37. The lowest BCUT2D eigenvalue weighted by atomic mass is 10.1. The van der Waals surface area contributed by atoms with E-state index in [1.807, 2.05) is 49.4 Å². The van der Waals surface area contributed by atoms with E-state index < -0.39 is 0 Å². The van der Waals surface area contributed by atoms with Crippen LogP contribution in [-0.4, -0.2) is 26.2 Å². The van der Waals surface area contributed by atoms with Gasteiger partial charge in [-0.25, -0.2) is 0 Å². The lowest BCUT2D eigenvalue weighted by molar-refractivity contribution is -0.120. The van der Waals surface area contributed by atoms with Crippen LogP contribution in [0.1, 0.15) is 12.5 Å². The summed E-state index contributed by atoms with van der Waals surface area (Å²) in [5, 5.41) is 0. The normalized spacial score (nSPS) is 13.8. The summed E-state index contributed by atoms with van der Waals surface area (Å²) in [6.45, 7) is 2.84. The van der Waals surface area contributed by atoms with Gasteiger partial charge in [-0.2, -0.15) is 0 Å². The number of carbonyl (C=O) groups is 1. The summed E-state index contributed by atoms with van der Waals surface area (Å²) in [6.07, 6.45) is 0. The van der Waals surface area contributed by atoms with Gasteiger partial charge in [-0.3, -0.25) is 4.79 Å². The van der Waals surface area contributed by atoms with Gasteiger partial charge in [0, 0.05) is 5.56 Å². The molecule has 1 aliphatic heterocycles. The van der Waals surface area contributed by atoms with E-state index in [4.69, 9.17) is 14.2 Å². The van der Waals surface area contributed by atoms with Crippen molar-refractivity contribution in [3.05, 3.63) is 48.0 Å². The quantitative estimate of drug-likeness (QED) is 0.870. The van der Waals surface area contributed by atoms with Gasteiger partial charge in [-0.1, -0.05) is 24.3 Å². The van der Waals surface area contributed by atoms with Gasteiger partial charge in [0.1, 0.15) is 5.75 Å². The van der Waals surface area contributed by atoms with E-state index in [9.17, 15) is 4.79 Å². The van der Waals surface area contributed by atoms with Crippen molar-refractivity contribution in [1.29, 1.82) is 0 Å². The number of carbonyl (C=O) groups excluding carboxylic acids is 1. The molecule has 0 N–H and O–H groups in total. The van der Waals surface area contributed by atoms with Gasteiger partial charge in [-0.05, 0) is 25.1 Å². The Hall–Kier alpha value is -2.69. The number of ether oxygens (including phenoxy) is 3. The molecule has 0 aliphatic carbocycles. The van der Waals surface area contributed by atoms with E-state index in [0.717, 1.165) is 11.3 Å². The van der Waals surface area contributed by atoms with Crippen LogP contribution in [0.2, 0.25) is 0 Å². The van der Waals surface area contributed by atoms with E-state index >= 15 is 0 Å². The van der Waals surface area contributed by atoms with Crippen LogP contribution in [-0.2, 0) is 11.3 Å². The SMILES string of the molecule is CCOc1cccc2c1OCC(=O)N(c1ccccc1OC)C2. The fourth-order valence-corrected chi connectivity index (χ4v) is 2.66. The Kier molecular flexibility index (Phi) is 4.37. The second-order valence-electron chi connectivity index (χ2n) is 5.12. The number of amides is 1. The number of rotatable bonds is 4. The van der Waals surface area contributed by atoms with E-state index in [1.54, 1.807) is 12.0 Å². The van der Waals surface area contributed by atoms with Crippen LogP contribution in [0.3, 0.4) is 0 Å². The van der Waals surface area contributed by atoms with Gasteiger partial charge < -0.3 is 19.1 Å². The molecule has 1 aliphatic rings. The van der Waals surface area contributed by atoms with E-state index in [-0.39, 0.29) is 12.5 Å². The summed E-state index contributed by atoms with van der Waals surface area (Å²) < 4.78 is 16.7. The lowest BCUT2D eigenvalue weighted by Crippen LogP contribution is -2.32. The minimum absolute atomic E-state index is 0.0326. The topological polar surface area (TPSA) is 48.0 Å². The molecular weight excluding hydrogens is 294 g/mol. The number of anilines is 1. The molecule has 0 unspecified atom stereocenters. The Morgan fingerprint density at radius 3 is 2.70 bits per heavy atom. The summed E-state index contributed by atoms with van der Waals surface area (Å²) >= 11 is 0. The average Bonchev–Trinajstić information content (AvgIpc) is 2.75. The Morgan fingerprint density at radius 2 is 1.91 bits per heavy atom. The summed E-state index contributed by atoms with van der Waals surface area (Å²) in [4.78, 5) is 14.2. The molecule has 0 aromatic heterocycles. The zero-order chi connectivity index (χ0) is 16.2.